The van der Waals surface area contributed by atoms with Crippen molar-refractivity contribution < 1.29 is 13.9 Å². The maximum Gasteiger partial charge on any atom is 0.188 e. The first kappa shape index (κ1) is 10.5. The lowest BCUT2D eigenvalue weighted by molar-refractivity contribution is 0.0498. The Morgan fingerprint density at radius 1 is 1.46 bits per heavy atom. The van der Waals surface area contributed by atoms with Gasteiger partial charge >= 0.3 is 0 Å². The highest BCUT2D eigenvalue weighted by Gasteiger charge is 2.09. The van der Waals surface area contributed by atoms with Crippen molar-refractivity contribution >= 4 is 15.9 Å². The fraction of sp³-hybridized carbons (Fsp3) is 0.333. The average Bonchev–Trinajstić information content (AvgIpc) is 2.12. The molecule has 0 aliphatic rings. The fourth-order valence-electron chi connectivity index (χ4n) is 0.924. The van der Waals surface area contributed by atoms with E-state index in [-0.39, 0.29) is 12.6 Å². The van der Waals surface area contributed by atoms with E-state index in [0.29, 0.717) is 10.2 Å². The Kier molecular flexibility index (Phi) is 3.69. The second-order valence-electron chi connectivity index (χ2n) is 2.56. The Labute approximate surface area is 84.8 Å². The minimum Gasteiger partial charge on any atom is -0.466 e. The van der Waals surface area contributed by atoms with Crippen LogP contribution in [0.25, 0.3) is 0 Å². The van der Waals surface area contributed by atoms with E-state index >= 15 is 0 Å². The predicted molar refractivity (Wildman–Crippen MR) is 51.3 cm³/mol. The molecule has 0 saturated carbocycles. The molecular formula is C9H10BrFO2. The molecule has 0 atom stereocenters. The molecule has 0 aliphatic carbocycles. The minimum atomic E-state index is -0.336. The van der Waals surface area contributed by atoms with E-state index < -0.39 is 0 Å². The highest BCUT2D eigenvalue weighted by Crippen LogP contribution is 2.31. The summed E-state index contributed by atoms with van der Waals surface area (Å²) in [6, 6.07) is 3.05. The lowest BCUT2D eigenvalue weighted by Gasteiger charge is -2.10. The molecule has 0 fully saturated rings. The molecule has 72 valence electrons. The van der Waals surface area contributed by atoms with Gasteiger partial charge in [-0.05, 0) is 34.5 Å². The van der Waals surface area contributed by atoms with Crippen LogP contribution in [-0.2, 0) is 4.74 Å². The number of benzene rings is 1. The summed E-state index contributed by atoms with van der Waals surface area (Å²) in [5, 5.41) is 0. The van der Waals surface area contributed by atoms with E-state index in [2.05, 4.69) is 15.9 Å². The van der Waals surface area contributed by atoms with Gasteiger partial charge in [-0.3, -0.25) is 0 Å². The maximum absolute atomic E-state index is 13.0. The summed E-state index contributed by atoms with van der Waals surface area (Å²) >= 11 is 3.11. The lowest BCUT2D eigenvalue weighted by Crippen LogP contribution is -2.01. The van der Waals surface area contributed by atoms with Crippen LogP contribution in [0.5, 0.6) is 5.75 Å². The van der Waals surface area contributed by atoms with Crippen LogP contribution in [0.1, 0.15) is 5.56 Å². The number of ether oxygens (including phenoxy) is 2. The zero-order valence-corrected chi connectivity index (χ0v) is 9.02. The molecule has 0 radical (unpaired) electrons. The van der Waals surface area contributed by atoms with Gasteiger partial charge in [-0.1, -0.05) is 6.07 Å². The van der Waals surface area contributed by atoms with Crippen molar-refractivity contribution in [2.75, 3.05) is 13.9 Å². The van der Waals surface area contributed by atoms with Crippen LogP contribution in [0.3, 0.4) is 0 Å². The molecule has 2 nitrogen and oxygen atoms in total. The molecule has 1 aromatic rings. The van der Waals surface area contributed by atoms with E-state index in [4.69, 9.17) is 9.47 Å². The van der Waals surface area contributed by atoms with Gasteiger partial charge in [0, 0.05) is 7.11 Å². The van der Waals surface area contributed by atoms with Crippen molar-refractivity contribution in [2.45, 2.75) is 6.92 Å². The second kappa shape index (κ2) is 4.58. The molecule has 13 heavy (non-hydrogen) atoms. The van der Waals surface area contributed by atoms with E-state index in [1.807, 2.05) is 6.92 Å². The van der Waals surface area contributed by atoms with Crippen LogP contribution >= 0.6 is 15.9 Å². The largest absolute Gasteiger partial charge is 0.466 e. The van der Waals surface area contributed by atoms with Crippen LogP contribution in [-0.4, -0.2) is 13.9 Å². The summed E-state index contributed by atoms with van der Waals surface area (Å²) < 4.78 is 23.3. The highest BCUT2D eigenvalue weighted by atomic mass is 79.9. The topological polar surface area (TPSA) is 18.5 Å². The van der Waals surface area contributed by atoms with Gasteiger partial charge in [0.25, 0.3) is 0 Å². The van der Waals surface area contributed by atoms with Crippen molar-refractivity contribution in [2.24, 2.45) is 0 Å². The molecule has 0 aromatic heterocycles. The molecular weight excluding hydrogens is 239 g/mol. The monoisotopic (exact) mass is 248 g/mol. The summed E-state index contributed by atoms with van der Waals surface area (Å²) in [5.41, 5.74) is 0.866. The van der Waals surface area contributed by atoms with Gasteiger partial charge in [0.1, 0.15) is 11.6 Å². The summed E-state index contributed by atoms with van der Waals surface area (Å²) in [6.45, 7) is 1.96. The number of methoxy groups -OCH3 is 1. The molecule has 0 unspecified atom stereocenters. The van der Waals surface area contributed by atoms with Gasteiger partial charge in [0.2, 0.25) is 0 Å². The third kappa shape index (κ3) is 2.42. The fourth-order valence-corrected chi connectivity index (χ4v) is 1.48. The molecule has 0 bridgehead atoms. The quantitative estimate of drug-likeness (QED) is 0.767. The standard InChI is InChI=1S/C9H10BrFO2/c1-6-3-4-7(11)8(10)9(6)13-5-12-2/h3-4H,5H2,1-2H3. The number of aryl methyl sites for hydroxylation is 1. The summed E-state index contributed by atoms with van der Waals surface area (Å²) in [7, 11) is 1.52. The smallest absolute Gasteiger partial charge is 0.188 e. The molecule has 0 amide bonds. The van der Waals surface area contributed by atoms with Gasteiger partial charge in [-0.25, -0.2) is 4.39 Å². The number of rotatable bonds is 3. The van der Waals surface area contributed by atoms with Gasteiger partial charge in [0.05, 0.1) is 4.47 Å². The first-order valence-electron chi connectivity index (χ1n) is 3.73. The first-order valence-corrected chi connectivity index (χ1v) is 4.52. The highest BCUT2D eigenvalue weighted by molar-refractivity contribution is 9.10. The van der Waals surface area contributed by atoms with E-state index in [9.17, 15) is 4.39 Å². The number of hydrogen-bond donors (Lipinski definition) is 0. The molecule has 0 saturated heterocycles. The molecule has 1 rings (SSSR count). The number of halogens is 2. The Hall–Kier alpha value is -0.610. The SMILES string of the molecule is COCOc1c(C)ccc(F)c1Br. The van der Waals surface area contributed by atoms with Crippen molar-refractivity contribution in [3.8, 4) is 5.75 Å². The zero-order chi connectivity index (χ0) is 9.84. The Bertz CT molecular complexity index is 302. The molecule has 4 heteroatoms. The third-order valence-corrected chi connectivity index (χ3v) is 2.31. The number of hydrogen-bond acceptors (Lipinski definition) is 2. The van der Waals surface area contributed by atoms with Crippen LogP contribution in [0.2, 0.25) is 0 Å². The molecule has 0 spiro atoms. The minimum absolute atomic E-state index is 0.114. The van der Waals surface area contributed by atoms with Gasteiger partial charge in [-0.2, -0.15) is 0 Å². The Morgan fingerprint density at radius 2 is 2.15 bits per heavy atom. The Morgan fingerprint density at radius 3 is 2.77 bits per heavy atom. The predicted octanol–water partition coefficient (Wildman–Crippen LogP) is 2.88. The molecule has 0 heterocycles. The van der Waals surface area contributed by atoms with Crippen molar-refractivity contribution in [3.05, 3.63) is 28.0 Å². The van der Waals surface area contributed by atoms with Crippen molar-refractivity contribution in [3.63, 3.8) is 0 Å². The van der Waals surface area contributed by atoms with Crippen LogP contribution in [0, 0.1) is 12.7 Å². The van der Waals surface area contributed by atoms with Crippen LogP contribution < -0.4 is 4.74 Å². The first-order chi connectivity index (χ1) is 6.16. The Balaban J connectivity index is 2.96. The van der Waals surface area contributed by atoms with Crippen LogP contribution in [0.4, 0.5) is 4.39 Å². The normalized spacial score (nSPS) is 10.2. The second-order valence-corrected chi connectivity index (χ2v) is 3.35. The van der Waals surface area contributed by atoms with Gasteiger partial charge < -0.3 is 9.47 Å². The zero-order valence-electron chi connectivity index (χ0n) is 7.43. The van der Waals surface area contributed by atoms with Crippen LogP contribution in [0.15, 0.2) is 16.6 Å². The maximum atomic E-state index is 13.0. The van der Waals surface area contributed by atoms with Gasteiger partial charge in [0.15, 0.2) is 6.79 Å². The van der Waals surface area contributed by atoms with E-state index in [0.717, 1.165) is 5.56 Å². The molecule has 1 aromatic carbocycles. The molecule has 0 aliphatic heterocycles. The van der Waals surface area contributed by atoms with Gasteiger partial charge in [-0.15, -0.1) is 0 Å². The van der Waals surface area contributed by atoms with E-state index in [1.54, 1.807) is 6.07 Å². The third-order valence-electron chi connectivity index (χ3n) is 1.57. The van der Waals surface area contributed by atoms with Crippen molar-refractivity contribution in [1.82, 2.24) is 0 Å². The lowest BCUT2D eigenvalue weighted by atomic mass is 10.2. The average molecular weight is 249 g/mol. The van der Waals surface area contributed by atoms with Crippen molar-refractivity contribution in [1.29, 1.82) is 0 Å². The summed E-state index contributed by atoms with van der Waals surface area (Å²) in [5.74, 6) is 0.151. The summed E-state index contributed by atoms with van der Waals surface area (Å²) in [6.07, 6.45) is 0. The molecule has 0 N–H and O–H groups in total. The summed E-state index contributed by atoms with van der Waals surface area (Å²) in [4.78, 5) is 0. The van der Waals surface area contributed by atoms with E-state index in [1.165, 1.54) is 13.2 Å².